The van der Waals surface area contributed by atoms with Crippen molar-refractivity contribution >= 4 is 21.9 Å². The van der Waals surface area contributed by atoms with Gasteiger partial charge in [0.15, 0.2) is 17.3 Å². The van der Waals surface area contributed by atoms with Crippen molar-refractivity contribution in [2.45, 2.75) is 6.61 Å². The Labute approximate surface area is 123 Å². The maximum atomic E-state index is 11.0. The quantitative estimate of drug-likeness (QED) is 0.893. The van der Waals surface area contributed by atoms with Crippen LogP contribution in [-0.4, -0.2) is 33.0 Å². The zero-order valence-electron chi connectivity index (χ0n) is 10.8. The molecule has 0 fully saturated rings. The summed E-state index contributed by atoms with van der Waals surface area (Å²) in [4.78, 5) is 15.0. The molecule has 0 spiro atoms. The number of benzene rings is 1. The normalized spacial score (nSPS) is 10.3. The molecule has 1 heterocycles. The number of aromatic carboxylic acids is 1. The van der Waals surface area contributed by atoms with Gasteiger partial charge in [-0.05, 0) is 28.1 Å². The molecule has 0 radical (unpaired) electrons. The molecule has 2 aromatic rings. The van der Waals surface area contributed by atoms with Crippen LogP contribution in [0.1, 0.15) is 16.2 Å². The molecule has 106 valence electrons. The summed E-state index contributed by atoms with van der Waals surface area (Å²) < 4.78 is 12.9. The predicted molar refractivity (Wildman–Crippen MR) is 73.0 cm³/mol. The molecule has 0 aliphatic rings. The van der Waals surface area contributed by atoms with Crippen LogP contribution in [0.3, 0.4) is 0 Å². The SMILES string of the molecule is COc1cc(C(=O)O)cc(Br)c1OCc1ncnn1C. The van der Waals surface area contributed by atoms with Gasteiger partial charge in [0.2, 0.25) is 0 Å². The molecule has 0 atom stereocenters. The number of nitrogens with zero attached hydrogens (tertiary/aromatic N) is 3. The second-order valence-corrected chi connectivity index (χ2v) is 4.74. The summed E-state index contributed by atoms with van der Waals surface area (Å²) in [5, 5.41) is 12.9. The maximum Gasteiger partial charge on any atom is 0.335 e. The first-order chi connectivity index (χ1) is 9.52. The minimum atomic E-state index is -1.04. The van der Waals surface area contributed by atoms with Gasteiger partial charge in [-0.2, -0.15) is 5.10 Å². The van der Waals surface area contributed by atoms with E-state index in [4.69, 9.17) is 14.6 Å². The third-order valence-electron chi connectivity index (χ3n) is 2.63. The average molecular weight is 342 g/mol. The van der Waals surface area contributed by atoms with Crippen molar-refractivity contribution in [3.8, 4) is 11.5 Å². The van der Waals surface area contributed by atoms with E-state index in [0.717, 1.165) is 0 Å². The lowest BCUT2D eigenvalue weighted by Crippen LogP contribution is -2.06. The molecule has 8 heteroatoms. The lowest BCUT2D eigenvalue weighted by Gasteiger charge is -2.13. The summed E-state index contributed by atoms with van der Waals surface area (Å²) in [5.74, 6) is 0.351. The van der Waals surface area contributed by atoms with Gasteiger partial charge in [0.1, 0.15) is 12.9 Å². The number of methoxy groups -OCH3 is 1. The minimum Gasteiger partial charge on any atom is -0.493 e. The van der Waals surface area contributed by atoms with E-state index in [-0.39, 0.29) is 12.2 Å². The Morgan fingerprint density at radius 1 is 1.50 bits per heavy atom. The zero-order chi connectivity index (χ0) is 14.7. The largest absolute Gasteiger partial charge is 0.493 e. The second-order valence-electron chi connectivity index (χ2n) is 3.88. The number of carbonyl (C=O) groups is 1. The lowest BCUT2D eigenvalue weighted by atomic mass is 10.2. The summed E-state index contributed by atoms with van der Waals surface area (Å²) in [5.41, 5.74) is 0.111. The molecule has 0 unspecified atom stereocenters. The fourth-order valence-corrected chi connectivity index (χ4v) is 2.13. The maximum absolute atomic E-state index is 11.0. The molecule has 0 bridgehead atoms. The van der Waals surface area contributed by atoms with E-state index >= 15 is 0 Å². The smallest absolute Gasteiger partial charge is 0.335 e. The third kappa shape index (κ3) is 2.90. The first kappa shape index (κ1) is 14.3. The molecular formula is C12H12BrN3O4. The van der Waals surface area contributed by atoms with E-state index in [2.05, 4.69) is 26.0 Å². The van der Waals surface area contributed by atoms with Crippen molar-refractivity contribution in [3.63, 3.8) is 0 Å². The first-order valence-corrected chi connectivity index (χ1v) is 6.38. The van der Waals surface area contributed by atoms with Crippen LogP contribution in [0.25, 0.3) is 0 Å². The number of hydrogen-bond donors (Lipinski definition) is 1. The molecule has 20 heavy (non-hydrogen) atoms. The van der Waals surface area contributed by atoms with Crippen molar-refractivity contribution in [2.75, 3.05) is 7.11 Å². The van der Waals surface area contributed by atoms with Gasteiger partial charge in [0, 0.05) is 7.05 Å². The van der Waals surface area contributed by atoms with Gasteiger partial charge < -0.3 is 14.6 Å². The van der Waals surface area contributed by atoms with Gasteiger partial charge in [-0.3, -0.25) is 4.68 Å². The number of rotatable bonds is 5. The molecule has 1 N–H and O–H groups in total. The van der Waals surface area contributed by atoms with Crippen LogP contribution in [0.15, 0.2) is 22.9 Å². The molecule has 0 saturated heterocycles. The fraction of sp³-hybridized carbons (Fsp3) is 0.250. The van der Waals surface area contributed by atoms with Crippen molar-refractivity contribution in [3.05, 3.63) is 34.3 Å². The molecule has 1 aromatic carbocycles. The molecule has 2 rings (SSSR count). The highest BCUT2D eigenvalue weighted by atomic mass is 79.9. The van der Waals surface area contributed by atoms with Crippen molar-refractivity contribution < 1.29 is 19.4 Å². The molecule has 0 saturated carbocycles. The van der Waals surface area contributed by atoms with Crippen molar-refractivity contribution in [1.29, 1.82) is 0 Å². The van der Waals surface area contributed by atoms with Crippen LogP contribution in [-0.2, 0) is 13.7 Å². The monoisotopic (exact) mass is 341 g/mol. The van der Waals surface area contributed by atoms with E-state index in [1.165, 1.54) is 25.6 Å². The van der Waals surface area contributed by atoms with E-state index in [1.54, 1.807) is 11.7 Å². The number of hydrogen-bond acceptors (Lipinski definition) is 5. The number of carboxylic acids is 1. The lowest BCUT2D eigenvalue weighted by molar-refractivity contribution is 0.0696. The van der Waals surface area contributed by atoms with Crippen LogP contribution in [0.5, 0.6) is 11.5 Å². The van der Waals surface area contributed by atoms with Gasteiger partial charge in [-0.25, -0.2) is 9.78 Å². The number of aryl methyl sites for hydroxylation is 1. The molecule has 7 nitrogen and oxygen atoms in total. The summed E-state index contributed by atoms with van der Waals surface area (Å²) in [6, 6.07) is 2.86. The highest BCUT2D eigenvalue weighted by molar-refractivity contribution is 9.10. The van der Waals surface area contributed by atoms with Gasteiger partial charge in [0.05, 0.1) is 17.1 Å². The third-order valence-corrected chi connectivity index (χ3v) is 3.22. The fourth-order valence-electron chi connectivity index (χ4n) is 1.57. The molecule has 1 aromatic heterocycles. The Bertz CT molecular complexity index is 642. The van der Waals surface area contributed by atoms with Gasteiger partial charge in [0.25, 0.3) is 0 Å². The zero-order valence-corrected chi connectivity index (χ0v) is 12.4. The number of ether oxygens (including phenoxy) is 2. The Balaban J connectivity index is 2.27. The Hall–Kier alpha value is -2.09. The molecule has 0 amide bonds. The van der Waals surface area contributed by atoms with E-state index in [9.17, 15) is 4.79 Å². The van der Waals surface area contributed by atoms with Crippen LogP contribution in [0.2, 0.25) is 0 Å². The highest BCUT2D eigenvalue weighted by Gasteiger charge is 2.15. The van der Waals surface area contributed by atoms with Crippen LogP contribution >= 0.6 is 15.9 Å². The second kappa shape index (κ2) is 5.91. The first-order valence-electron chi connectivity index (χ1n) is 5.59. The molecule has 0 aliphatic heterocycles. The van der Waals surface area contributed by atoms with Crippen LogP contribution < -0.4 is 9.47 Å². The summed E-state index contributed by atoms with van der Waals surface area (Å²) in [7, 11) is 3.20. The summed E-state index contributed by atoms with van der Waals surface area (Å²) in [6.07, 6.45) is 1.43. The number of halogens is 1. The van der Waals surface area contributed by atoms with E-state index in [0.29, 0.717) is 21.8 Å². The molecular weight excluding hydrogens is 330 g/mol. The van der Waals surface area contributed by atoms with Gasteiger partial charge >= 0.3 is 5.97 Å². The van der Waals surface area contributed by atoms with Gasteiger partial charge in [-0.15, -0.1) is 0 Å². The van der Waals surface area contributed by atoms with Crippen LogP contribution in [0, 0.1) is 0 Å². The molecule has 0 aliphatic carbocycles. The average Bonchev–Trinajstić information content (AvgIpc) is 2.82. The predicted octanol–water partition coefficient (Wildman–Crippen LogP) is 1.86. The van der Waals surface area contributed by atoms with Crippen molar-refractivity contribution in [1.82, 2.24) is 14.8 Å². The summed E-state index contributed by atoms with van der Waals surface area (Å²) in [6.45, 7) is 0.192. The summed E-state index contributed by atoms with van der Waals surface area (Å²) >= 11 is 3.28. The van der Waals surface area contributed by atoms with E-state index in [1.807, 2.05) is 0 Å². The highest BCUT2D eigenvalue weighted by Crippen LogP contribution is 2.37. The van der Waals surface area contributed by atoms with Crippen molar-refractivity contribution in [2.24, 2.45) is 7.05 Å². The van der Waals surface area contributed by atoms with Crippen LogP contribution in [0.4, 0.5) is 0 Å². The standard InChI is InChI=1S/C12H12BrN3O4/c1-16-10(14-6-15-16)5-20-11-8(13)3-7(12(17)18)4-9(11)19-2/h3-4,6H,5H2,1-2H3,(H,17,18). The number of carboxylic acid groups (broad SMARTS) is 1. The Morgan fingerprint density at radius 3 is 2.80 bits per heavy atom. The topological polar surface area (TPSA) is 86.5 Å². The minimum absolute atomic E-state index is 0.111. The van der Waals surface area contributed by atoms with E-state index < -0.39 is 5.97 Å². The van der Waals surface area contributed by atoms with Gasteiger partial charge in [-0.1, -0.05) is 0 Å². The Morgan fingerprint density at radius 2 is 2.25 bits per heavy atom. The number of aromatic nitrogens is 3. The Kier molecular flexibility index (Phi) is 4.23.